The summed E-state index contributed by atoms with van der Waals surface area (Å²) in [5, 5.41) is 11.4. The smallest absolute Gasteiger partial charge is 0.214 e. The standard InChI is InChI=1S/C9H12N6S/c1-3-10-7-4-8(12-5-11-7)16-9-13-6(2)14-15-9/h4-5H,3H2,1-2H3,(H,10,11,12)(H,13,14,15). The summed E-state index contributed by atoms with van der Waals surface area (Å²) in [5.41, 5.74) is 0. The first kappa shape index (κ1) is 10.9. The van der Waals surface area contributed by atoms with Crippen molar-refractivity contribution < 1.29 is 0 Å². The minimum atomic E-state index is 0.665. The molecule has 0 bridgehead atoms. The first-order chi connectivity index (χ1) is 7.78. The van der Waals surface area contributed by atoms with Crippen LogP contribution < -0.4 is 5.32 Å². The van der Waals surface area contributed by atoms with Crippen molar-refractivity contribution in [2.45, 2.75) is 24.0 Å². The Bertz CT molecular complexity index is 469. The number of aryl methyl sites for hydroxylation is 1. The number of hydrogen-bond acceptors (Lipinski definition) is 6. The molecule has 0 unspecified atom stereocenters. The first-order valence-electron chi connectivity index (χ1n) is 4.90. The minimum absolute atomic E-state index is 0.665. The number of hydrogen-bond donors (Lipinski definition) is 2. The number of aromatic nitrogens is 5. The molecule has 0 saturated heterocycles. The van der Waals surface area contributed by atoms with Crippen molar-refractivity contribution in [3.05, 3.63) is 18.2 Å². The van der Waals surface area contributed by atoms with Crippen LogP contribution in [0.1, 0.15) is 12.7 Å². The minimum Gasteiger partial charge on any atom is -0.370 e. The molecule has 2 N–H and O–H groups in total. The molecule has 6 nitrogen and oxygen atoms in total. The monoisotopic (exact) mass is 236 g/mol. The molecule has 0 aliphatic carbocycles. The molecule has 0 atom stereocenters. The summed E-state index contributed by atoms with van der Waals surface area (Å²) in [7, 11) is 0. The molecule has 0 saturated carbocycles. The van der Waals surface area contributed by atoms with Gasteiger partial charge in [-0.15, -0.1) is 5.10 Å². The van der Waals surface area contributed by atoms with Crippen LogP contribution in [0, 0.1) is 6.92 Å². The van der Waals surface area contributed by atoms with Crippen LogP contribution in [0.25, 0.3) is 0 Å². The van der Waals surface area contributed by atoms with Gasteiger partial charge in [-0.2, -0.15) is 0 Å². The van der Waals surface area contributed by atoms with Crippen molar-refractivity contribution in [1.82, 2.24) is 25.1 Å². The fourth-order valence-electron chi connectivity index (χ4n) is 1.13. The van der Waals surface area contributed by atoms with Crippen molar-refractivity contribution in [2.75, 3.05) is 11.9 Å². The summed E-state index contributed by atoms with van der Waals surface area (Å²) in [6.45, 7) is 4.72. The first-order valence-corrected chi connectivity index (χ1v) is 5.72. The van der Waals surface area contributed by atoms with Crippen LogP contribution in [0.2, 0.25) is 0 Å². The van der Waals surface area contributed by atoms with Crippen LogP contribution in [0.3, 0.4) is 0 Å². The van der Waals surface area contributed by atoms with Gasteiger partial charge in [-0.1, -0.05) is 0 Å². The quantitative estimate of drug-likeness (QED) is 0.783. The molecule has 0 aromatic carbocycles. The third-order valence-corrected chi connectivity index (χ3v) is 2.57. The third-order valence-electron chi connectivity index (χ3n) is 1.77. The molecule has 0 aliphatic rings. The van der Waals surface area contributed by atoms with Gasteiger partial charge < -0.3 is 5.32 Å². The van der Waals surface area contributed by atoms with Gasteiger partial charge in [0.25, 0.3) is 0 Å². The fraction of sp³-hybridized carbons (Fsp3) is 0.333. The van der Waals surface area contributed by atoms with Gasteiger partial charge in [-0.3, -0.25) is 5.10 Å². The second kappa shape index (κ2) is 4.93. The average molecular weight is 236 g/mol. The highest BCUT2D eigenvalue weighted by atomic mass is 32.2. The number of H-pyrrole nitrogens is 1. The zero-order valence-corrected chi connectivity index (χ0v) is 9.88. The number of anilines is 1. The lowest BCUT2D eigenvalue weighted by molar-refractivity contribution is 0.959. The van der Waals surface area contributed by atoms with Crippen molar-refractivity contribution in [1.29, 1.82) is 0 Å². The number of rotatable bonds is 4. The summed E-state index contributed by atoms with van der Waals surface area (Å²) in [5.74, 6) is 1.61. The molecule has 7 heteroatoms. The highest BCUT2D eigenvalue weighted by Crippen LogP contribution is 2.23. The Balaban J connectivity index is 2.12. The maximum atomic E-state index is 4.20. The van der Waals surface area contributed by atoms with Crippen LogP contribution in [0.15, 0.2) is 22.6 Å². The Kier molecular flexibility index (Phi) is 3.35. The maximum absolute atomic E-state index is 4.20. The Hall–Kier alpha value is -1.63. The van der Waals surface area contributed by atoms with Gasteiger partial charge in [0.15, 0.2) is 0 Å². The zero-order valence-electron chi connectivity index (χ0n) is 9.06. The van der Waals surface area contributed by atoms with E-state index in [1.807, 2.05) is 19.9 Å². The molecular weight excluding hydrogens is 224 g/mol. The van der Waals surface area contributed by atoms with E-state index in [1.54, 1.807) is 0 Å². The van der Waals surface area contributed by atoms with Gasteiger partial charge in [0.05, 0.1) is 0 Å². The SMILES string of the molecule is CCNc1cc(Sc2n[nH]c(C)n2)ncn1. The predicted molar refractivity (Wildman–Crippen MR) is 61.4 cm³/mol. The van der Waals surface area contributed by atoms with Crippen molar-refractivity contribution >= 4 is 17.6 Å². The lowest BCUT2D eigenvalue weighted by Gasteiger charge is -2.02. The summed E-state index contributed by atoms with van der Waals surface area (Å²) < 4.78 is 0. The third kappa shape index (κ3) is 2.69. The van der Waals surface area contributed by atoms with Gasteiger partial charge in [0.2, 0.25) is 5.16 Å². The highest BCUT2D eigenvalue weighted by molar-refractivity contribution is 7.99. The lowest BCUT2D eigenvalue weighted by atomic mass is 10.5. The number of nitrogens with zero attached hydrogens (tertiary/aromatic N) is 4. The summed E-state index contributed by atoms with van der Waals surface area (Å²) >= 11 is 1.40. The predicted octanol–water partition coefficient (Wildman–Crippen LogP) is 1.49. The van der Waals surface area contributed by atoms with E-state index in [4.69, 9.17) is 0 Å². The summed E-state index contributed by atoms with van der Waals surface area (Å²) in [6, 6.07) is 1.87. The molecular formula is C9H12N6S. The maximum Gasteiger partial charge on any atom is 0.214 e. The molecule has 2 heterocycles. The molecule has 2 aromatic heterocycles. The van der Waals surface area contributed by atoms with E-state index in [0.29, 0.717) is 5.16 Å². The van der Waals surface area contributed by atoms with E-state index >= 15 is 0 Å². The van der Waals surface area contributed by atoms with E-state index in [1.165, 1.54) is 18.1 Å². The molecule has 84 valence electrons. The van der Waals surface area contributed by atoms with Crippen LogP contribution in [0.5, 0.6) is 0 Å². The summed E-state index contributed by atoms with van der Waals surface area (Å²) in [6.07, 6.45) is 1.53. The Morgan fingerprint density at radius 3 is 3.00 bits per heavy atom. The van der Waals surface area contributed by atoms with E-state index in [-0.39, 0.29) is 0 Å². The van der Waals surface area contributed by atoms with Gasteiger partial charge in [-0.05, 0) is 25.6 Å². The molecule has 0 aliphatic heterocycles. The molecule has 16 heavy (non-hydrogen) atoms. The van der Waals surface area contributed by atoms with Gasteiger partial charge >= 0.3 is 0 Å². The van der Waals surface area contributed by atoms with Crippen molar-refractivity contribution in [3.8, 4) is 0 Å². The molecule has 2 aromatic rings. The Labute approximate surface area is 97.3 Å². The zero-order chi connectivity index (χ0) is 11.4. The van der Waals surface area contributed by atoms with Crippen LogP contribution in [-0.4, -0.2) is 31.7 Å². The highest BCUT2D eigenvalue weighted by Gasteiger charge is 2.04. The molecule has 0 spiro atoms. The molecule has 0 fully saturated rings. The number of aromatic amines is 1. The van der Waals surface area contributed by atoms with E-state index in [2.05, 4.69) is 30.5 Å². The van der Waals surface area contributed by atoms with Gasteiger partial charge in [-0.25, -0.2) is 15.0 Å². The van der Waals surface area contributed by atoms with E-state index in [9.17, 15) is 0 Å². The Morgan fingerprint density at radius 2 is 2.31 bits per heavy atom. The topological polar surface area (TPSA) is 79.4 Å². The Morgan fingerprint density at radius 1 is 1.44 bits per heavy atom. The van der Waals surface area contributed by atoms with E-state index in [0.717, 1.165) is 23.2 Å². The number of nitrogens with one attached hydrogen (secondary N) is 2. The van der Waals surface area contributed by atoms with Gasteiger partial charge in [0, 0.05) is 12.6 Å². The summed E-state index contributed by atoms with van der Waals surface area (Å²) in [4.78, 5) is 12.4. The lowest BCUT2D eigenvalue weighted by Crippen LogP contribution is -1.99. The fourth-order valence-corrected chi connectivity index (χ4v) is 1.87. The molecule has 0 radical (unpaired) electrons. The molecule has 0 amide bonds. The van der Waals surface area contributed by atoms with Crippen LogP contribution in [0.4, 0.5) is 5.82 Å². The second-order valence-electron chi connectivity index (χ2n) is 3.08. The molecule has 2 rings (SSSR count). The largest absolute Gasteiger partial charge is 0.370 e. The average Bonchev–Trinajstić information content (AvgIpc) is 2.65. The van der Waals surface area contributed by atoms with Gasteiger partial charge in [0.1, 0.15) is 23.0 Å². The second-order valence-corrected chi connectivity index (χ2v) is 4.06. The van der Waals surface area contributed by atoms with Crippen LogP contribution in [-0.2, 0) is 0 Å². The van der Waals surface area contributed by atoms with E-state index < -0.39 is 0 Å². The van der Waals surface area contributed by atoms with Crippen molar-refractivity contribution in [3.63, 3.8) is 0 Å². The van der Waals surface area contributed by atoms with Crippen molar-refractivity contribution in [2.24, 2.45) is 0 Å². The van der Waals surface area contributed by atoms with Crippen LogP contribution >= 0.6 is 11.8 Å². The normalized spacial score (nSPS) is 10.4.